The molecule has 1 atom stereocenters. The summed E-state index contributed by atoms with van der Waals surface area (Å²) < 4.78 is 7.83. The molecule has 1 aromatic heterocycles. The number of Topliss-reactive ketones (excluding diaryl/α,β-unsaturated/α-hetero) is 1. The van der Waals surface area contributed by atoms with E-state index in [1.165, 1.54) is 19.3 Å². The molecule has 1 aliphatic carbocycles. The molecule has 0 fully saturated rings. The third-order valence-corrected chi connectivity index (χ3v) is 7.25. The van der Waals surface area contributed by atoms with Crippen molar-refractivity contribution in [1.29, 1.82) is 0 Å². The maximum absolute atomic E-state index is 13.3. The summed E-state index contributed by atoms with van der Waals surface area (Å²) >= 11 is 1.66. The number of carbonyl (C=O) groups is 1. The average molecular weight is 469 g/mol. The second-order valence-corrected chi connectivity index (χ2v) is 10.9. The highest BCUT2D eigenvalue weighted by Gasteiger charge is 2.41. The predicted octanol–water partition coefficient (Wildman–Crippen LogP) is 6.40. The summed E-state index contributed by atoms with van der Waals surface area (Å²) in [6, 6.07) is 7.90. The van der Waals surface area contributed by atoms with E-state index in [-0.39, 0.29) is 17.2 Å². The molecular formula is C26H36N4O2S. The normalized spacial score (nSPS) is 19.2. The fourth-order valence-corrected chi connectivity index (χ4v) is 5.30. The number of allylic oxidation sites excluding steroid dienone is 2. The SMILES string of the molecule is CCCCCCOc1ccc(C2C3=C(CC(C)(C)CC3=O)Nc3nc(SCCC)nn32)cc1. The summed E-state index contributed by atoms with van der Waals surface area (Å²) in [4.78, 5) is 18.1. The summed E-state index contributed by atoms with van der Waals surface area (Å²) in [5.74, 6) is 2.75. The molecule has 2 aliphatic rings. The molecule has 2 heterocycles. The molecule has 4 rings (SSSR count). The van der Waals surface area contributed by atoms with Crippen LogP contribution in [-0.4, -0.2) is 32.9 Å². The van der Waals surface area contributed by atoms with Crippen molar-refractivity contribution in [2.45, 2.75) is 83.8 Å². The van der Waals surface area contributed by atoms with Crippen LogP contribution in [0.25, 0.3) is 0 Å². The van der Waals surface area contributed by atoms with E-state index in [0.717, 1.165) is 65.3 Å². The Kier molecular flexibility index (Phi) is 7.47. The van der Waals surface area contributed by atoms with Gasteiger partial charge in [0.1, 0.15) is 11.8 Å². The Morgan fingerprint density at radius 1 is 1.12 bits per heavy atom. The Morgan fingerprint density at radius 2 is 1.91 bits per heavy atom. The molecule has 7 heteroatoms. The molecule has 1 aromatic carbocycles. The molecule has 33 heavy (non-hydrogen) atoms. The van der Waals surface area contributed by atoms with Crippen molar-refractivity contribution < 1.29 is 9.53 Å². The molecule has 6 nitrogen and oxygen atoms in total. The van der Waals surface area contributed by atoms with Crippen molar-refractivity contribution in [1.82, 2.24) is 14.8 Å². The van der Waals surface area contributed by atoms with Gasteiger partial charge < -0.3 is 10.1 Å². The molecule has 0 saturated heterocycles. The topological polar surface area (TPSA) is 69.0 Å². The lowest BCUT2D eigenvalue weighted by atomic mass is 9.73. The summed E-state index contributed by atoms with van der Waals surface area (Å²) in [6.07, 6.45) is 7.18. The van der Waals surface area contributed by atoms with Gasteiger partial charge in [-0.3, -0.25) is 4.79 Å². The van der Waals surface area contributed by atoms with E-state index in [0.29, 0.717) is 6.42 Å². The molecule has 2 aromatic rings. The number of rotatable bonds is 10. The van der Waals surface area contributed by atoms with Crippen LogP contribution in [0.15, 0.2) is 40.7 Å². The summed E-state index contributed by atoms with van der Waals surface area (Å²) in [6.45, 7) is 9.41. The third-order valence-electron chi connectivity index (χ3n) is 6.21. The molecule has 0 radical (unpaired) electrons. The van der Waals surface area contributed by atoms with E-state index < -0.39 is 0 Å². The largest absolute Gasteiger partial charge is 0.494 e. The maximum Gasteiger partial charge on any atom is 0.227 e. The van der Waals surface area contributed by atoms with Crippen LogP contribution >= 0.6 is 11.8 Å². The number of aromatic nitrogens is 3. The minimum absolute atomic E-state index is 0.0646. The van der Waals surface area contributed by atoms with Gasteiger partial charge in [-0.05, 0) is 42.4 Å². The monoisotopic (exact) mass is 468 g/mol. The van der Waals surface area contributed by atoms with Crippen molar-refractivity contribution in [3.63, 3.8) is 0 Å². The first-order valence-electron chi connectivity index (χ1n) is 12.3. The van der Waals surface area contributed by atoms with Gasteiger partial charge in [0, 0.05) is 23.4 Å². The molecule has 0 saturated carbocycles. The number of hydrogen-bond acceptors (Lipinski definition) is 6. The number of carbonyl (C=O) groups excluding carboxylic acids is 1. The van der Waals surface area contributed by atoms with Crippen LogP contribution in [0.3, 0.4) is 0 Å². The lowest BCUT2D eigenvalue weighted by Crippen LogP contribution is -2.36. The van der Waals surface area contributed by atoms with Gasteiger partial charge in [0.25, 0.3) is 0 Å². The van der Waals surface area contributed by atoms with E-state index in [1.807, 2.05) is 16.8 Å². The first-order chi connectivity index (χ1) is 15.9. The Morgan fingerprint density at radius 3 is 2.64 bits per heavy atom. The van der Waals surface area contributed by atoms with Crippen LogP contribution in [0.5, 0.6) is 5.75 Å². The Hall–Kier alpha value is -2.28. The number of hydrogen-bond donors (Lipinski definition) is 1. The Labute approximate surface area is 201 Å². The quantitative estimate of drug-likeness (QED) is 0.321. The fourth-order valence-electron chi connectivity index (χ4n) is 4.62. The van der Waals surface area contributed by atoms with Crippen molar-refractivity contribution in [3.8, 4) is 5.75 Å². The first-order valence-corrected chi connectivity index (χ1v) is 13.3. The lowest BCUT2D eigenvalue weighted by Gasteiger charge is -2.38. The van der Waals surface area contributed by atoms with Gasteiger partial charge in [0.15, 0.2) is 5.78 Å². The first kappa shape index (κ1) is 23.9. The lowest BCUT2D eigenvalue weighted by molar-refractivity contribution is -0.118. The van der Waals surface area contributed by atoms with E-state index in [2.05, 4.69) is 45.1 Å². The highest BCUT2D eigenvalue weighted by atomic mass is 32.2. The minimum Gasteiger partial charge on any atom is -0.494 e. The van der Waals surface area contributed by atoms with Gasteiger partial charge in [-0.15, -0.1) is 5.10 Å². The van der Waals surface area contributed by atoms with Crippen molar-refractivity contribution in [3.05, 3.63) is 41.1 Å². The van der Waals surface area contributed by atoms with Gasteiger partial charge in [0.05, 0.1) is 6.61 Å². The van der Waals surface area contributed by atoms with E-state index in [1.54, 1.807) is 11.8 Å². The number of benzene rings is 1. The summed E-state index contributed by atoms with van der Waals surface area (Å²) in [5.41, 5.74) is 2.79. The van der Waals surface area contributed by atoms with Gasteiger partial charge in [-0.25, -0.2) is 4.68 Å². The van der Waals surface area contributed by atoms with Crippen LogP contribution in [0.1, 0.15) is 84.2 Å². The van der Waals surface area contributed by atoms with Crippen molar-refractivity contribution in [2.24, 2.45) is 5.41 Å². The molecule has 1 unspecified atom stereocenters. The zero-order valence-corrected chi connectivity index (χ0v) is 21.1. The zero-order valence-electron chi connectivity index (χ0n) is 20.3. The van der Waals surface area contributed by atoms with Crippen LogP contribution < -0.4 is 10.1 Å². The van der Waals surface area contributed by atoms with E-state index >= 15 is 0 Å². The third kappa shape index (κ3) is 5.45. The average Bonchev–Trinajstić information content (AvgIpc) is 3.18. The van der Waals surface area contributed by atoms with E-state index in [9.17, 15) is 4.79 Å². The number of nitrogens with zero attached hydrogens (tertiary/aromatic N) is 3. The van der Waals surface area contributed by atoms with Crippen LogP contribution in [0.2, 0.25) is 0 Å². The molecular weight excluding hydrogens is 432 g/mol. The fraction of sp³-hybridized carbons (Fsp3) is 0.577. The highest BCUT2D eigenvalue weighted by Crippen LogP contribution is 2.45. The minimum atomic E-state index is -0.262. The number of nitrogens with one attached hydrogen (secondary N) is 1. The van der Waals surface area contributed by atoms with Gasteiger partial charge in [0.2, 0.25) is 11.1 Å². The molecule has 1 aliphatic heterocycles. The second kappa shape index (κ2) is 10.3. The van der Waals surface area contributed by atoms with Crippen LogP contribution in [-0.2, 0) is 4.79 Å². The molecule has 0 spiro atoms. The Bertz CT molecular complexity index is 1010. The molecule has 1 N–H and O–H groups in total. The van der Waals surface area contributed by atoms with Crippen LogP contribution in [0.4, 0.5) is 5.95 Å². The zero-order chi connectivity index (χ0) is 23.4. The molecule has 0 amide bonds. The summed E-state index contributed by atoms with van der Waals surface area (Å²) in [7, 11) is 0. The molecule has 0 bridgehead atoms. The van der Waals surface area contributed by atoms with Crippen LogP contribution in [0, 0.1) is 5.41 Å². The van der Waals surface area contributed by atoms with Gasteiger partial charge >= 0.3 is 0 Å². The predicted molar refractivity (Wildman–Crippen MR) is 134 cm³/mol. The molecule has 178 valence electrons. The van der Waals surface area contributed by atoms with Crippen molar-refractivity contribution in [2.75, 3.05) is 17.7 Å². The number of unbranched alkanes of at least 4 members (excludes halogenated alkanes) is 3. The van der Waals surface area contributed by atoms with Gasteiger partial charge in [-0.1, -0.05) is 70.9 Å². The second-order valence-electron chi connectivity index (χ2n) is 9.85. The van der Waals surface area contributed by atoms with Gasteiger partial charge in [-0.2, -0.15) is 4.98 Å². The van der Waals surface area contributed by atoms with E-state index in [4.69, 9.17) is 14.8 Å². The standard InChI is InChI=1S/C26H36N4O2S/c1-5-7-8-9-14-32-19-12-10-18(11-13-19)23-22-20(16-26(3,4)17-21(22)31)27-24-28-25(29-30(23)24)33-15-6-2/h10-13,23H,5-9,14-17H2,1-4H3,(H,27,28,29). The maximum atomic E-state index is 13.3. The number of ether oxygens (including phenoxy) is 1. The number of thioether (sulfide) groups is 1. The number of fused-ring (bicyclic) bond motifs is 1. The number of anilines is 1. The smallest absolute Gasteiger partial charge is 0.227 e. The Balaban J connectivity index is 1.62. The van der Waals surface area contributed by atoms with Crippen molar-refractivity contribution >= 4 is 23.5 Å². The summed E-state index contributed by atoms with van der Waals surface area (Å²) in [5, 5.41) is 9.00. The highest BCUT2D eigenvalue weighted by molar-refractivity contribution is 7.99. The number of ketones is 1.